The first-order valence-electron chi connectivity index (χ1n) is 8.97. The summed E-state index contributed by atoms with van der Waals surface area (Å²) >= 11 is 6.94. The second-order valence-electron chi connectivity index (χ2n) is 6.39. The Morgan fingerprint density at radius 3 is 2.59 bits per heavy atom. The smallest absolute Gasteiger partial charge is 0.266 e. The number of aliphatic imine (C=N–C) groups is 1. The minimum absolute atomic E-state index is 0.0269. The quantitative estimate of drug-likeness (QED) is 0.544. The maximum Gasteiger partial charge on any atom is 0.266 e. The first kappa shape index (κ1) is 23.2. The number of ether oxygens (including phenoxy) is 2. The molecular weight excluding hydrogens is 460 g/mol. The summed E-state index contributed by atoms with van der Waals surface area (Å²) in [7, 11) is 2.95. The number of halogens is 1. The molecule has 0 spiro atoms. The van der Waals surface area contributed by atoms with Crippen molar-refractivity contribution in [3.63, 3.8) is 0 Å². The number of hydrogen-bond acceptors (Lipinski definition) is 9. The van der Waals surface area contributed by atoms with E-state index in [0.717, 1.165) is 11.8 Å². The number of benzene rings is 2. The van der Waals surface area contributed by atoms with Gasteiger partial charge in [0, 0.05) is 17.6 Å². The van der Waals surface area contributed by atoms with E-state index in [1.807, 2.05) is 0 Å². The molecule has 0 radical (unpaired) electrons. The normalized spacial score (nSPS) is 16.0. The van der Waals surface area contributed by atoms with E-state index < -0.39 is 18.5 Å². The summed E-state index contributed by atoms with van der Waals surface area (Å²) in [5.74, 6) is -2.60. The molecule has 166 valence electrons. The van der Waals surface area contributed by atoms with Crippen LogP contribution in [0.3, 0.4) is 0 Å². The summed E-state index contributed by atoms with van der Waals surface area (Å²) in [6.07, 6.45) is 1.62. The molecule has 9 nitrogen and oxygen atoms in total. The van der Waals surface area contributed by atoms with E-state index in [4.69, 9.17) is 21.1 Å². The lowest BCUT2D eigenvalue weighted by Gasteiger charge is -2.11. The second kappa shape index (κ2) is 9.75. The van der Waals surface area contributed by atoms with Gasteiger partial charge in [0.2, 0.25) is 0 Å². The van der Waals surface area contributed by atoms with Gasteiger partial charge in [0.05, 0.1) is 29.6 Å². The van der Waals surface area contributed by atoms with Gasteiger partial charge < -0.3 is 29.3 Å². The van der Waals surface area contributed by atoms with E-state index in [0.29, 0.717) is 21.3 Å². The predicted molar refractivity (Wildman–Crippen MR) is 115 cm³/mol. The lowest BCUT2D eigenvalue weighted by molar-refractivity contribution is -0.307. The molecule has 1 saturated heterocycles. The third-order valence-corrected chi connectivity index (χ3v) is 5.62. The summed E-state index contributed by atoms with van der Waals surface area (Å²) in [6.45, 7) is -0.625. The SMILES string of the molecule is COc1cc(/C=C2\SC(=Nc3ccc(Cl)c(C(=O)[O-])c3)N(C)C2=O)ccc1OCC(=O)[O-]. The minimum atomic E-state index is -1.43. The molecule has 0 bridgehead atoms. The number of carbonyl (C=O) groups is 3. The third kappa shape index (κ3) is 5.21. The molecule has 1 aliphatic rings. The van der Waals surface area contributed by atoms with Crippen molar-refractivity contribution in [1.29, 1.82) is 0 Å². The monoisotopic (exact) mass is 474 g/mol. The number of rotatable bonds is 7. The average Bonchev–Trinajstić information content (AvgIpc) is 3.01. The number of aliphatic carboxylic acids is 1. The number of thioether (sulfide) groups is 1. The largest absolute Gasteiger partial charge is 0.546 e. The third-order valence-electron chi connectivity index (χ3n) is 4.23. The van der Waals surface area contributed by atoms with Crippen molar-refractivity contribution < 1.29 is 34.1 Å². The van der Waals surface area contributed by atoms with Gasteiger partial charge in [-0.1, -0.05) is 17.7 Å². The zero-order valence-electron chi connectivity index (χ0n) is 16.8. The number of carboxylic acids is 2. The van der Waals surface area contributed by atoms with Crippen LogP contribution in [0.4, 0.5) is 5.69 Å². The van der Waals surface area contributed by atoms with Crippen molar-refractivity contribution in [2.24, 2.45) is 4.99 Å². The molecule has 0 aromatic heterocycles. The van der Waals surface area contributed by atoms with Crippen LogP contribution in [-0.2, 0) is 9.59 Å². The lowest BCUT2D eigenvalue weighted by atomic mass is 10.2. The number of likely N-dealkylation sites (N-methyl/N-ethyl adjacent to an activating group) is 1. The van der Waals surface area contributed by atoms with Gasteiger partial charge >= 0.3 is 0 Å². The number of nitrogens with zero attached hydrogens (tertiary/aromatic N) is 2. The Morgan fingerprint density at radius 2 is 1.94 bits per heavy atom. The minimum Gasteiger partial charge on any atom is -0.546 e. The molecule has 0 atom stereocenters. The van der Waals surface area contributed by atoms with Crippen molar-refractivity contribution in [1.82, 2.24) is 4.90 Å². The first-order valence-corrected chi connectivity index (χ1v) is 10.2. The zero-order chi connectivity index (χ0) is 23.4. The summed E-state index contributed by atoms with van der Waals surface area (Å²) < 4.78 is 10.3. The Kier molecular flexibility index (Phi) is 7.06. The van der Waals surface area contributed by atoms with E-state index in [9.17, 15) is 24.6 Å². The summed E-state index contributed by atoms with van der Waals surface area (Å²) in [4.78, 5) is 40.4. The fraction of sp³-hybridized carbons (Fsp3) is 0.143. The Balaban J connectivity index is 1.87. The molecule has 0 unspecified atom stereocenters. The highest BCUT2D eigenvalue weighted by Crippen LogP contribution is 2.35. The fourth-order valence-corrected chi connectivity index (χ4v) is 3.86. The molecule has 32 heavy (non-hydrogen) atoms. The zero-order valence-corrected chi connectivity index (χ0v) is 18.4. The molecule has 1 amide bonds. The number of carbonyl (C=O) groups excluding carboxylic acids is 3. The van der Waals surface area contributed by atoms with Gasteiger partial charge in [-0.05, 0) is 53.7 Å². The molecule has 2 aromatic rings. The Hall–Kier alpha value is -3.50. The van der Waals surface area contributed by atoms with Gasteiger partial charge in [-0.15, -0.1) is 0 Å². The van der Waals surface area contributed by atoms with E-state index in [-0.39, 0.29) is 28.0 Å². The number of amides is 1. The van der Waals surface area contributed by atoms with Crippen LogP contribution in [0.2, 0.25) is 5.02 Å². The molecule has 1 aliphatic heterocycles. The van der Waals surface area contributed by atoms with Crippen LogP contribution in [0.1, 0.15) is 15.9 Å². The molecule has 11 heteroatoms. The lowest BCUT2D eigenvalue weighted by Crippen LogP contribution is -2.29. The van der Waals surface area contributed by atoms with E-state index >= 15 is 0 Å². The van der Waals surface area contributed by atoms with Gasteiger partial charge in [-0.3, -0.25) is 9.69 Å². The van der Waals surface area contributed by atoms with Crippen molar-refractivity contribution in [2.45, 2.75) is 0 Å². The van der Waals surface area contributed by atoms with E-state index in [1.165, 1.54) is 36.3 Å². The molecule has 1 fully saturated rings. The van der Waals surface area contributed by atoms with Crippen molar-refractivity contribution in [3.05, 3.63) is 57.5 Å². The Morgan fingerprint density at radius 1 is 1.19 bits per heavy atom. The van der Waals surface area contributed by atoms with Crippen molar-refractivity contribution >= 4 is 58.1 Å². The van der Waals surface area contributed by atoms with Crippen LogP contribution in [0, 0.1) is 0 Å². The second-order valence-corrected chi connectivity index (χ2v) is 7.81. The van der Waals surface area contributed by atoms with Crippen LogP contribution in [-0.4, -0.2) is 48.7 Å². The predicted octanol–water partition coefficient (Wildman–Crippen LogP) is 1.07. The van der Waals surface area contributed by atoms with E-state index in [2.05, 4.69) is 4.99 Å². The number of carboxylic acid groups (broad SMARTS) is 2. The average molecular weight is 475 g/mol. The molecule has 0 saturated carbocycles. The van der Waals surface area contributed by atoms with Crippen LogP contribution < -0.4 is 19.7 Å². The van der Waals surface area contributed by atoms with E-state index in [1.54, 1.807) is 25.3 Å². The van der Waals surface area contributed by atoms with Crippen LogP contribution >= 0.6 is 23.4 Å². The van der Waals surface area contributed by atoms with Crippen molar-refractivity contribution in [2.75, 3.05) is 20.8 Å². The van der Waals surface area contributed by atoms with Crippen molar-refractivity contribution in [3.8, 4) is 11.5 Å². The number of aromatic carboxylic acids is 1. The number of methoxy groups -OCH3 is 1. The molecule has 0 N–H and O–H groups in total. The number of amidine groups is 1. The van der Waals surface area contributed by atoms with Crippen LogP contribution in [0.5, 0.6) is 11.5 Å². The van der Waals surface area contributed by atoms with Crippen LogP contribution in [0.25, 0.3) is 6.08 Å². The Labute approximate surface area is 191 Å². The maximum atomic E-state index is 12.6. The number of hydrogen-bond donors (Lipinski definition) is 0. The summed E-state index contributed by atoms with van der Waals surface area (Å²) in [6, 6.07) is 8.92. The maximum absolute atomic E-state index is 12.6. The Bertz CT molecular complexity index is 1160. The molecule has 2 aromatic carbocycles. The molecular formula is C21H15ClN2O7S-2. The highest BCUT2D eigenvalue weighted by Gasteiger charge is 2.30. The molecule has 0 aliphatic carbocycles. The van der Waals surface area contributed by atoms with Crippen LogP contribution in [0.15, 0.2) is 46.3 Å². The van der Waals surface area contributed by atoms with Gasteiger partial charge in [0.1, 0.15) is 6.61 Å². The first-order chi connectivity index (χ1) is 15.2. The highest BCUT2D eigenvalue weighted by molar-refractivity contribution is 8.18. The molecule has 3 rings (SSSR count). The fourth-order valence-electron chi connectivity index (χ4n) is 2.68. The van der Waals surface area contributed by atoms with Gasteiger partial charge in [-0.25, -0.2) is 4.99 Å². The summed E-state index contributed by atoms with van der Waals surface area (Å²) in [5, 5.41) is 22.1. The van der Waals surface area contributed by atoms with Gasteiger partial charge in [0.15, 0.2) is 16.7 Å². The van der Waals surface area contributed by atoms with Gasteiger partial charge in [-0.2, -0.15) is 0 Å². The summed E-state index contributed by atoms with van der Waals surface area (Å²) in [5.41, 5.74) is 0.710. The van der Waals surface area contributed by atoms with Gasteiger partial charge in [0.25, 0.3) is 5.91 Å². The standard InChI is InChI=1S/C21H17ClN2O7S/c1-24-19(27)17(8-11-3-6-15(16(7-11)30-2)31-10-18(25)26)32-21(24)23-12-4-5-14(22)13(9-12)20(28)29/h3-9H,10H2,1-2H3,(H,25,26)(H,28,29)/p-2/b17-8-,23-21?. The molecule has 1 heterocycles. The topological polar surface area (TPSA) is 131 Å². The highest BCUT2D eigenvalue weighted by atomic mass is 35.5.